The molecule has 0 unspecified atom stereocenters. The summed E-state index contributed by atoms with van der Waals surface area (Å²) in [4.78, 5) is 8.25. The summed E-state index contributed by atoms with van der Waals surface area (Å²) in [5.41, 5.74) is 0. The minimum atomic E-state index is -1.75. The molecule has 0 bridgehead atoms. The van der Waals surface area contributed by atoms with Gasteiger partial charge in [0.1, 0.15) is 0 Å². The van der Waals surface area contributed by atoms with Crippen LogP contribution in [-0.4, -0.2) is 10.6 Å². The van der Waals surface area contributed by atoms with Crippen LogP contribution < -0.4 is 6.15 Å². The van der Waals surface area contributed by atoms with E-state index in [0.29, 0.717) is 0 Å². The summed E-state index contributed by atoms with van der Waals surface area (Å²) in [6, 6.07) is 0. The van der Waals surface area contributed by atoms with Gasteiger partial charge in [-0.1, -0.05) is 0 Å². The number of nitrogens with zero attached hydrogens (tertiary/aromatic N) is 1. The van der Waals surface area contributed by atoms with Crippen LogP contribution in [0.3, 0.4) is 0 Å². The van der Waals surface area contributed by atoms with Gasteiger partial charge in [0, 0.05) is 38.2 Å². The van der Waals surface area contributed by atoms with Gasteiger partial charge in [0.25, 0.3) is 0 Å². The standard InChI is InChI=1S/Dy.NO3.H3N.H2O/c;2-1(3)4;;/h;;1H3;1H2/q;-1;;. The first-order chi connectivity index (χ1) is 1.73. The van der Waals surface area contributed by atoms with Crippen LogP contribution in [0.4, 0.5) is 0 Å². The molecular formula is H5DyN2O4-. The second-order valence-corrected chi connectivity index (χ2v) is 0.224. The van der Waals surface area contributed by atoms with Gasteiger partial charge in [0.15, 0.2) is 0 Å². The minimum absolute atomic E-state index is 0. The van der Waals surface area contributed by atoms with Crippen LogP contribution in [0.15, 0.2) is 0 Å². The molecule has 0 spiro atoms. The van der Waals surface area contributed by atoms with Gasteiger partial charge in [-0.15, -0.1) is 0 Å². The van der Waals surface area contributed by atoms with Crippen molar-refractivity contribution in [3.63, 3.8) is 0 Å². The van der Waals surface area contributed by atoms with Crippen molar-refractivity contribution < 1.29 is 48.7 Å². The normalized spacial score (nSPS) is 3.43. The number of rotatable bonds is 0. The Morgan fingerprint density at radius 3 is 1.29 bits per heavy atom. The summed E-state index contributed by atoms with van der Waals surface area (Å²) < 4.78 is 0. The second kappa shape index (κ2) is 16.2. The van der Waals surface area contributed by atoms with Gasteiger partial charge >= 0.3 is 0 Å². The van der Waals surface area contributed by atoms with Crippen molar-refractivity contribution in [2.75, 3.05) is 0 Å². The van der Waals surface area contributed by atoms with E-state index in [1.165, 1.54) is 0 Å². The third-order valence-corrected chi connectivity index (χ3v) is 0. The molecule has 0 aliphatic rings. The fraction of sp³-hybridized carbons (Fsp3) is 0. The van der Waals surface area contributed by atoms with Crippen LogP contribution in [-0.2, 0) is 0 Å². The Labute approximate surface area is 69.9 Å². The molecule has 0 aromatic carbocycles. The Balaban J connectivity index is -0.0000000150. The molecule has 0 fully saturated rings. The quantitative estimate of drug-likeness (QED) is 0.482. The van der Waals surface area contributed by atoms with Crippen molar-refractivity contribution in [1.29, 1.82) is 0 Å². The predicted octanol–water partition coefficient (Wildman–Crippen LogP) is -0.0397. The van der Waals surface area contributed by atoms with Gasteiger partial charge in [0.05, 0.1) is 5.09 Å². The van der Waals surface area contributed by atoms with Crippen LogP contribution in [0.2, 0.25) is 0 Å². The fourth-order valence-corrected chi connectivity index (χ4v) is 0. The Morgan fingerprint density at radius 1 is 1.29 bits per heavy atom. The maximum atomic E-state index is 8.25. The molecule has 5 N–H and O–H groups in total. The molecule has 6 nitrogen and oxygen atoms in total. The van der Waals surface area contributed by atoms with Gasteiger partial charge in [-0.3, -0.25) is 0 Å². The molecule has 0 rings (SSSR count). The van der Waals surface area contributed by atoms with Crippen molar-refractivity contribution in [3.05, 3.63) is 15.3 Å². The van der Waals surface area contributed by atoms with E-state index in [1.807, 2.05) is 0 Å². The average Bonchev–Trinajstić information content (AvgIpc) is 0.811. The molecule has 0 aliphatic heterocycles. The number of quaternary nitrogens is 1. The first kappa shape index (κ1) is 26.2. The number of hydrogen-bond donors (Lipinski definition) is 1. The van der Waals surface area contributed by atoms with E-state index in [9.17, 15) is 0 Å². The molecule has 7 heteroatoms. The summed E-state index contributed by atoms with van der Waals surface area (Å²) in [7, 11) is 0. The zero-order chi connectivity index (χ0) is 3.58. The summed E-state index contributed by atoms with van der Waals surface area (Å²) in [5, 5.41) is 14.8. The van der Waals surface area contributed by atoms with Crippen LogP contribution >= 0.6 is 0 Å². The number of hydrogen-bond acceptors (Lipinski definition) is 4. The monoisotopic (exact) mass is 261 g/mol. The molecule has 7 heavy (non-hydrogen) atoms. The van der Waals surface area contributed by atoms with Crippen molar-refractivity contribution in [1.82, 2.24) is 6.15 Å². The zero-order valence-corrected chi connectivity index (χ0v) is 5.46. The van der Waals surface area contributed by atoms with Crippen molar-refractivity contribution in [2.45, 2.75) is 0 Å². The predicted molar refractivity (Wildman–Crippen MR) is 18.3 cm³/mol. The van der Waals surface area contributed by atoms with Gasteiger partial charge < -0.3 is 26.9 Å². The van der Waals surface area contributed by atoms with E-state index < -0.39 is 5.09 Å². The fourth-order valence-electron chi connectivity index (χ4n) is 0. The molecule has 0 radical (unpaired) electrons. The second-order valence-electron chi connectivity index (χ2n) is 0.224. The molecule has 50 valence electrons. The molecule has 0 saturated heterocycles. The Bertz CT molecular complexity index is 32.7. The summed E-state index contributed by atoms with van der Waals surface area (Å²) in [5.74, 6) is 0. The topological polar surface area (TPSA) is 133 Å². The summed E-state index contributed by atoms with van der Waals surface area (Å²) in [6.45, 7) is 0. The first-order valence-electron chi connectivity index (χ1n) is 0.548. The third-order valence-electron chi connectivity index (χ3n) is 0. The van der Waals surface area contributed by atoms with E-state index in [0.717, 1.165) is 0 Å². The summed E-state index contributed by atoms with van der Waals surface area (Å²) >= 11 is 0. The maximum absolute atomic E-state index is 8.25. The third kappa shape index (κ3) is 800. The van der Waals surface area contributed by atoms with Crippen molar-refractivity contribution in [3.8, 4) is 0 Å². The molecule has 0 aliphatic carbocycles. The van der Waals surface area contributed by atoms with Gasteiger partial charge in [-0.2, -0.15) is 0 Å². The molecule has 0 heterocycles. The zero-order valence-electron chi connectivity index (χ0n) is 3.44. The van der Waals surface area contributed by atoms with E-state index in [-0.39, 0.29) is 49.8 Å². The van der Waals surface area contributed by atoms with E-state index >= 15 is 0 Å². The van der Waals surface area contributed by atoms with Crippen LogP contribution in [0.5, 0.6) is 0 Å². The molecular weight excluding hydrogens is 255 g/mol. The largest absolute Gasteiger partial charge is 0.870 e. The summed E-state index contributed by atoms with van der Waals surface area (Å²) in [6.07, 6.45) is 0. The van der Waals surface area contributed by atoms with E-state index in [2.05, 4.69) is 0 Å². The Hall–Kier alpha value is 0.393. The Kier molecular flexibility index (Phi) is 60.6. The van der Waals surface area contributed by atoms with Gasteiger partial charge in [-0.25, -0.2) is 0 Å². The minimum Gasteiger partial charge on any atom is -0.870 e. The average molecular weight is 260 g/mol. The van der Waals surface area contributed by atoms with Gasteiger partial charge in [-0.05, 0) is 0 Å². The van der Waals surface area contributed by atoms with Crippen molar-refractivity contribution in [2.24, 2.45) is 0 Å². The first-order valence-corrected chi connectivity index (χ1v) is 0.548. The van der Waals surface area contributed by atoms with Crippen LogP contribution in [0, 0.1) is 53.5 Å². The molecule has 0 saturated carbocycles. The van der Waals surface area contributed by atoms with E-state index in [4.69, 9.17) is 15.3 Å². The maximum Gasteiger partial charge on any atom is 0.0689 e. The molecule has 0 aromatic heterocycles. The smallest absolute Gasteiger partial charge is 0.0689 e. The van der Waals surface area contributed by atoms with Crippen LogP contribution in [0.1, 0.15) is 0 Å². The molecule has 0 aromatic rings. The van der Waals surface area contributed by atoms with E-state index in [1.54, 1.807) is 0 Å². The van der Waals surface area contributed by atoms with Crippen molar-refractivity contribution >= 4 is 0 Å². The Morgan fingerprint density at radius 2 is 1.29 bits per heavy atom. The molecule has 0 amide bonds. The van der Waals surface area contributed by atoms with Crippen LogP contribution in [0.25, 0.3) is 0 Å². The SMILES string of the molecule is O=[N+]([O-])[O-].[Dy].[NH4+].[OH-]. The molecule has 0 atom stereocenters. The van der Waals surface area contributed by atoms with Gasteiger partial charge in [0.2, 0.25) is 0 Å².